The minimum atomic E-state index is -1.38. The second-order valence-corrected chi connectivity index (χ2v) is 6.62. The van der Waals surface area contributed by atoms with E-state index in [1.807, 2.05) is 6.07 Å². The molecule has 1 aliphatic rings. The number of hydrogen-bond donors (Lipinski definition) is 5. The fourth-order valence-electron chi connectivity index (χ4n) is 3.12. The molecule has 5 N–H and O–H groups in total. The number of H-pyrrole nitrogens is 1. The number of carbonyl (C=O) groups is 1. The van der Waals surface area contributed by atoms with Gasteiger partial charge in [-0.25, -0.2) is 4.98 Å². The first-order chi connectivity index (χ1) is 14.5. The lowest BCUT2D eigenvalue weighted by Gasteiger charge is -2.16. The number of aromatic nitrogens is 4. The van der Waals surface area contributed by atoms with Crippen LogP contribution in [0.4, 0.5) is 5.95 Å². The number of nitrogens with one attached hydrogen (secondary N) is 2. The summed E-state index contributed by atoms with van der Waals surface area (Å²) in [5.41, 5.74) is -0.649. The monoisotopic (exact) mass is 417 g/mol. The van der Waals surface area contributed by atoms with Gasteiger partial charge in [0.2, 0.25) is 5.95 Å². The number of aliphatic hydroxyl groups excluding tert-OH is 3. The van der Waals surface area contributed by atoms with E-state index >= 15 is 0 Å². The normalized spacial score (nSPS) is 23.6. The summed E-state index contributed by atoms with van der Waals surface area (Å²) < 4.78 is 12.0. The van der Waals surface area contributed by atoms with Crippen molar-refractivity contribution < 1.29 is 29.6 Å². The Morgan fingerprint density at radius 1 is 1.27 bits per heavy atom. The highest BCUT2D eigenvalue weighted by Crippen LogP contribution is 2.30. The van der Waals surface area contributed by atoms with Crippen LogP contribution in [-0.4, -0.2) is 72.3 Å². The minimum absolute atomic E-state index is 0.0212. The van der Waals surface area contributed by atoms with Gasteiger partial charge < -0.3 is 24.8 Å². The number of rotatable bonds is 6. The summed E-state index contributed by atoms with van der Waals surface area (Å²) in [6, 6.07) is 8.73. The van der Waals surface area contributed by atoms with Crippen molar-refractivity contribution in [2.24, 2.45) is 0 Å². The molecule has 0 bridgehead atoms. The van der Waals surface area contributed by atoms with Crippen molar-refractivity contribution in [3.63, 3.8) is 0 Å². The number of benzene rings is 1. The molecule has 3 heterocycles. The third-order valence-corrected chi connectivity index (χ3v) is 4.59. The Bertz CT molecular complexity index is 1100. The number of amides is 1. The predicted molar refractivity (Wildman–Crippen MR) is 102 cm³/mol. The largest absolute Gasteiger partial charge is 0.484 e. The zero-order valence-corrected chi connectivity index (χ0v) is 15.5. The van der Waals surface area contributed by atoms with E-state index in [2.05, 4.69) is 20.3 Å². The molecule has 12 heteroatoms. The number of para-hydroxylation sites is 1. The molecular formula is C18H19N5O7. The molecule has 158 valence electrons. The fourth-order valence-corrected chi connectivity index (χ4v) is 3.12. The summed E-state index contributed by atoms with van der Waals surface area (Å²) >= 11 is 0. The topological polar surface area (TPSA) is 172 Å². The Labute approximate surface area is 168 Å². The van der Waals surface area contributed by atoms with Crippen LogP contribution in [0.15, 0.2) is 41.5 Å². The van der Waals surface area contributed by atoms with E-state index in [9.17, 15) is 24.9 Å². The summed E-state index contributed by atoms with van der Waals surface area (Å²) in [6.45, 7) is -0.808. The molecule has 1 unspecified atom stereocenters. The maximum Gasteiger partial charge on any atom is 0.280 e. The molecule has 1 aliphatic heterocycles. The third-order valence-electron chi connectivity index (χ3n) is 4.59. The van der Waals surface area contributed by atoms with Gasteiger partial charge in [-0.1, -0.05) is 18.2 Å². The minimum Gasteiger partial charge on any atom is -0.484 e. The van der Waals surface area contributed by atoms with Gasteiger partial charge in [-0.3, -0.25) is 24.5 Å². The standard InChI is InChI=1S/C18H19N5O7/c24-6-10-13(26)14(27)17(30-10)23-8-19-12-15(23)21-18(22-16(12)28)20-11(25)7-29-9-4-2-1-3-5-9/h1-5,8,10,13-14,17,24,26-27H,6-7H2,(H2,20,21,22,25,28)/t10-,13?,14+,17-/m1/s1. The highest BCUT2D eigenvalue weighted by atomic mass is 16.6. The number of ether oxygens (including phenoxy) is 2. The van der Waals surface area contributed by atoms with Gasteiger partial charge in [-0.05, 0) is 12.1 Å². The lowest BCUT2D eigenvalue weighted by Crippen LogP contribution is -2.33. The van der Waals surface area contributed by atoms with Crippen LogP contribution in [0.2, 0.25) is 0 Å². The first-order valence-corrected chi connectivity index (χ1v) is 9.05. The van der Waals surface area contributed by atoms with E-state index in [4.69, 9.17) is 9.47 Å². The van der Waals surface area contributed by atoms with E-state index in [1.54, 1.807) is 24.3 Å². The summed E-state index contributed by atoms with van der Waals surface area (Å²) in [7, 11) is 0. The Hall–Kier alpha value is -3.32. The van der Waals surface area contributed by atoms with E-state index in [1.165, 1.54) is 10.9 Å². The third kappa shape index (κ3) is 3.76. The molecule has 1 fully saturated rings. The van der Waals surface area contributed by atoms with Crippen molar-refractivity contribution in [1.82, 2.24) is 19.5 Å². The zero-order valence-electron chi connectivity index (χ0n) is 15.5. The Morgan fingerprint density at radius 2 is 2.03 bits per heavy atom. The molecule has 0 radical (unpaired) electrons. The Kier molecular flexibility index (Phi) is 5.46. The van der Waals surface area contributed by atoms with Crippen molar-refractivity contribution in [2.45, 2.75) is 24.5 Å². The highest BCUT2D eigenvalue weighted by molar-refractivity contribution is 5.90. The molecule has 30 heavy (non-hydrogen) atoms. The smallest absolute Gasteiger partial charge is 0.280 e. The lowest BCUT2D eigenvalue weighted by atomic mass is 10.1. The van der Waals surface area contributed by atoms with Gasteiger partial charge in [0, 0.05) is 0 Å². The lowest BCUT2D eigenvalue weighted by molar-refractivity contribution is -0.118. The quantitative estimate of drug-likeness (QED) is 0.328. The van der Waals surface area contributed by atoms with Gasteiger partial charge in [0.15, 0.2) is 24.0 Å². The second kappa shape index (κ2) is 8.20. The first-order valence-electron chi connectivity index (χ1n) is 9.05. The van der Waals surface area contributed by atoms with Gasteiger partial charge in [0.1, 0.15) is 24.1 Å². The molecule has 12 nitrogen and oxygen atoms in total. The van der Waals surface area contributed by atoms with Gasteiger partial charge in [-0.15, -0.1) is 0 Å². The van der Waals surface area contributed by atoms with Gasteiger partial charge in [0.25, 0.3) is 11.5 Å². The number of aromatic amines is 1. The molecule has 0 spiro atoms. The zero-order chi connectivity index (χ0) is 21.3. The van der Waals surface area contributed by atoms with Crippen LogP contribution in [-0.2, 0) is 9.53 Å². The van der Waals surface area contributed by atoms with Gasteiger partial charge in [0.05, 0.1) is 12.9 Å². The summed E-state index contributed by atoms with van der Waals surface area (Å²) in [4.78, 5) is 35.0. The molecule has 0 saturated carbocycles. The van der Waals surface area contributed by atoms with Gasteiger partial charge in [-0.2, -0.15) is 4.98 Å². The van der Waals surface area contributed by atoms with Crippen LogP contribution in [0.25, 0.3) is 11.2 Å². The van der Waals surface area contributed by atoms with Crippen molar-refractivity contribution in [2.75, 3.05) is 18.5 Å². The number of anilines is 1. The van der Waals surface area contributed by atoms with Crippen LogP contribution >= 0.6 is 0 Å². The molecule has 1 saturated heterocycles. The number of carbonyl (C=O) groups excluding carboxylic acids is 1. The maximum absolute atomic E-state index is 12.3. The molecule has 2 aromatic heterocycles. The average molecular weight is 417 g/mol. The van der Waals surface area contributed by atoms with Crippen molar-refractivity contribution >= 4 is 23.0 Å². The molecule has 4 rings (SSSR count). The molecule has 4 atom stereocenters. The SMILES string of the molecule is O=C(COc1ccccc1)Nc1nc2c(ncn2[C@@H]2O[C@H](CO)C(O)[C@@H]2O)c(=O)[nH]1. The van der Waals surface area contributed by atoms with Crippen LogP contribution in [0.5, 0.6) is 5.75 Å². The van der Waals surface area contributed by atoms with Crippen LogP contribution < -0.4 is 15.6 Å². The fraction of sp³-hybridized carbons (Fsp3) is 0.333. The number of nitrogens with zero attached hydrogens (tertiary/aromatic N) is 3. The molecule has 1 aromatic carbocycles. The maximum atomic E-state index is 12.3. The summed E-state index contributed by atoms with van der Waals surface area (Å²) in [5.74, 6) is -0.199. The van der Waals surface area contributed by atoms with Crippen molar-refractivity contribution in [1.29, 1.82) is 0 Å². The molecule has 0 aliphatic carbocycles. The van der Waals surface area contributed by atoms with Crippen LogP contribution in [0.1, 0.15) is 6.23 Å². The van der Waals surface area contributed by atoms with E-state index in [0.29, 0.717) is 5.75 Å². The van der Waals surface area contributed by atoms with E-state index < -0.39 is 42.6 Å². The number of fused-ring (bicyclic) bond motifs is 1. The van der Waals surface area contributed by atoms with Crippen molar-refractivity contribution in [3.05, 3.63) is 47.0 Å². The molecule has 1 amide bonds. The number of aliphatic hydroxyl groups is 3. The Balaban J connectivity index is 1.55. The van der Waals surface area contributed by atoms with E-state index in [0.717, 1.165) is 0 Å². The summed E-state index contributed by atoms with van der Waals surface area (Å²) in [6.07, 6.45) is -3.61. The van der Waals surface area contributed by atoms with Crippen LogP contribution in [0.3, 0.4) is 0 Å². The summed E-state index contributed by atoms with van der Waals surface area (Å²) in [5, 5.41) is 31.9. The number of hydrogen-bond acceptors (Lipinski definition) is 9. The second-order valence-electron chi connectivity index (χ2n) is 6.62. The first kappa shape index (κ1) is 20.0. The Morgan fingerprint density at radius 3 is 2.73 bits per heavy atom. The number of imidazole rings is 1. The van der Waals surface area contributed by atoms with Crippen LogP contribution in [0, 0.1) is 0 Å². The predicted octanol–water partition coefficient (Wildman–Crippen LogP) is -1.25. The highest BCUT2D eigenvalue weighted by Gasteiger charge is 2.44. The molecular weight excluding hydrogens is 398 g/mol. The average Bonchev–Trinajstić information content (AvgIpc) is 3.29. The molecule has 3 aromatic rings. The van der Waals surface area contributed by atoms with Gasteiger partial charge >= 0.3 is 0 Å². The van der Waals surface area contributed by atoms with Crippen molar-refractivity contribution in [3.8, 4) is 5.75 Å². The van der Waals surface area contributed by atoms with E-state index in [-0.39, 0.29) is 23.7 Å².